The predicted molar refractivity (Wildman–Crippen MR) is 50.2 cm³/mol. The number of hydrogen-bond acceptors (Lipinski definition) is 2. The van der Waals surface area contributed by atoms with Crippen LogP contribution < -0.4 is 5.73 Å². The molecule has 1 atom stereocenters. The molecule has 15 heavy (non-hydrogen) atoms. The van der Waals surface area contributed by atoms with Crippen molar-refractivity contribution in [3.8, 4) is 0 Å². The van der Waals surface area contributed by atoms with Crippen LogP contribution in [0.4, 0.5) is 13.2 Å². The highest BCUT2D eigenvalue weighted by Gasteiger charge is 2.53. The van der Waals surface area contributed by atoms with Gasteiger partial charge in [-0.15, -0.1) is 0 Å². The van der Waals surface area contributed by atoms with Crippen LogP contribution >= 0.6 is 0 Å². The molecule has 1 fully saturated rings. The Bertz CT molecular complexity index is 242. The van der Waals surface area contributed by atoms with Crippen molar-refractivity contribution >= 4 is 5.78 Å². The second kappa shape index (κ2) is 4.12. The lowest BCUT2D eigenvalue weighted by Gasteiger charge is -2.27. The Hall–Kier alpha value is -0.580. The summed E-state index contributed by atoms with van der Waals surface area (Å²) in [6, 6.07) is 0. The topological polar surface area (TPSA) is 43.1 Å². The number of Topliss-reactive ketones (excluding diaryl/α,β-unsaturated/α-hetero) is 1. The summed E-state index contributed by atoms with van der Waals surface area (Å²) in [6.07, 6.45) is -0.981. The Morgan fingerprint density at radius 2 is 1.80 bits per heavy atom. The fourth-order valence-electron chi connectivity index (χ4n) is 1.85. The standard InChI is InChI=1S/C10H16F3NO/c1-9(14,10(11,12)13)8(15)6-7-4-2-3-5-7/h7H,2-6,14H2,1H3. The van der Waals surface area contributed by atoms with Crippen LogP contribution in [0.1, 0.15) is 39.0 Å². The molecule has 0 aromatic carbocycles. The maximum atomic E-state index is 12.4. The number of rotatable bonds is 3. The molecule has 0 aliphatic heterocycles. The third-order valence-corrected chi connectivity index (χ3v) is 3.12. The van der Waals surface area contributed by atoms with Crippen molar-refractivity contribution in [1.29, 1.82) is 0 Å². The van der Waals surface area contributed by atoms with Gasteiger partial charge in [-0.2, -0.15) is 13.2 Å². The summed E-state index contributed by atoms with van der Waals surface area (Å²) in [7, 11) is 0. The monoisotopic (exact) mass is 223 g/mol. The molecule has 5 heteroatoms. The maximum Gasteiger partial charge on any atom is 0.413 e. The highest BCUT2D eigenvalue weighted by atomic mass is 19.4. The summed E-state index contributed by atoms with van der Waals surface area (Å²) < 4.78 is 37.2. The summed E-state index contributed by atoms with van der Waals surface area (Å²) in [4.78, 5) is 11.4. The molecule has 1 saturated carbocycles. The zero-order chi connectivity index (χ0) is 11.7. The van der Waals surface area contributed by atoms with Gasteiger partial charge < -0.3 is 5.73 Å². The summed E-state index contributed by atoms with van der Waals surface area (Å²) >= 11 is 0. The van der Waals surface area contributed by atoms with Crippen LogP contribution in [-0.4, -0.2) is 17.5 Å². The van der Waals surface area contributed by atoms with E-state index in [9.17, 15) is 18.0 Å². The maximum absolute atomic E-state index is 12.4. The molecule has 1 aliphatic rings. The molecule has 0 aromatic rings. The molecule has 0 amide bonds. The van der Waals surface area contributed by atoms with Crippen molar-refractivity contribution in [3.05, 3.63) is 0 Å². The minimum absolute atomic E-state index is 0.0352. The van der Waals surface area contributed by atoms with Crippen molar-refractivity contribution in [1.82, 2.24) is 0 Å². The summed E-state index contributed by atoms with van der Waals surface area (Å²) in [5, 5.41) is 0. The minimum atomic E-state index is -4.65. The lowest BCUT2D eigenvalue weighted by Crippen LogP contribution is -2.57. The van der Waals surface area contributed by atoms with Gasteiger partial charge in [-0.05, 0) is 12.8 Å². The Labute approximate surface area is 87.0 Å². The lowest BCUT2D eigenvalue weighted by molar-refractivity contribution is -0.186. The van der Waals surface area contributed by atoms with Crippen LogP contribution in [0.3, 0.4) is 0 Å². The van der Waals surface area contributed by atoms with E-state index in [1.807, 2.05) is 0 Å². The van der Waals surface area contributed by atoms with Crippen molar-refractivity contribution in [2.75, 3.05) is 0 Å². The van der Waals surface area contributed by atoms with Crippen LogP contribution in [-0.2, 0) is 4.79 Å². The molecule has 88 valence electrons. The van der Waals surface area contributed by atoms with Crippen molar-refractivity contribution in [3.63, 3.8) is 0 Å². The molecule has 1 rings (SSSR count). The first kappa shape index (κ1) is 12.5. The number of alkyl halides is 3. The van der Waals surface area contributed by atoms with Gasteiger partial charge in [-0.3, -0.25) is 4.79 Å². The van der Waals surface area contributed by atoms with Crippen LogP contribution in [0.2, 0.25) is 0 Å². The van der Waals surface area contributed by atoms with Crippen LogP contribution in [0.25, 0.3) is 0 Å². The van der Waals surface area contributed by atoms with Crippen LogP contribution in [0.15, 0.2) is 0 Å². The second-order valence-electron chi connectivity index (χ2n) is 4.48. The second-order valence-corrected chi connectivity index (χ2v) is 4.48. The van der Waals surface area contributed by atoms with Gasteiger partial charge in [-0.1, -0.05) is 25.7 Å². The average molecular weight is 223 g/mol. The zero-order valence-corrected chi connectivity index (χ0v) is 8.73. The normalized spacial score (nSPS) is 22.7. The minimum Gasteiger partial charge on any atom is -0.312 e. The molecule has 2 N–H and O–H groups in total. The highest BCUT2D eigenvalue weighted by molar-refractivity contribution is 5.88. The summed E-state index contributed by atoms with van der Waals surface area (Å²) in [5.41, 5.74) is 2.36. The van der Waals surface area contributed by atoms with E-state index in [2.05, 4.69) is 0 Å². The number of carbonyl (C=O) groups excluding carboxylic acids is 1. The van der Waals surface area contributed by atoms with Gasteiger partial charge in [0, 0.05) is 6.42 Å². The van der Waals surface area contributed by atoms with Gasteiger partial charge >= 0.3 is 6.18 Å². The number of hydrogen-bond donors (Lipinski definition) is 1. The number of carbonyl (C=O) groups is 1. The van der Waals surface area contributed by atoms with E-state index in [0.717, 1.165) is 32.6 Å². The molecule has 0 bridgehead atoms. The molecule has 0 aromatic heterocycles. The molecule has 0 radical (unpaired) electrons. The fourth-order valence-corrected chi connectivity index (χ4v) is 1.85. The first-order valence-electron chi connectivity index (χ1n) is 5.14. The largest absolute Gasteiger partial charge is 0.413 e. The quantitative estimate of drug-likeness (QED) is 0.798. The van der Waals surface area contributed by atoms with Gasteiger partial charge in [-0.25, -0.2) is 0 Å². The molecule has 0 heterocycles. The SMILES string of the molecule is CC(N)(C(=O)CC1CCCC1)C(F)(F)F. The third-order valence-electron chi connectivity index (χ3n) is 3.12. The van der Waals surface area contributed by atoms with E-state index in [0.29, 0.717) is 0 Å². The molecule has 2 nitrogen and oxygen atoms in total. The Morgan fingerprint density at radius 1 is 1.33 bits per heavy atom. The van der Waals surface area contributed by atoms with E-state index in [1.54, 1.807) is 0 Å². The zero-order valence-electron chi connectivity index (χ0n) is 8.73. The smallest absolute Gasteiger partial charge is 0.312 e. The van der Waals surface area contributed by atoms with E-state index in [-0.39, 0.29) is 12.3 Å². The van der Waals surface area contributed by atoms with Crippen molar-refractivity contribution in [2.24, 2.45) is 11.7 Å². The van der Waals surface area contributed by atoms with E-state index >= 15 is 0 Å². The molecule has 1 unspecified atom stereocenters. The highest BCUT2D eigenvalue weighted by Crippen LogP contribution is 2.34. The molecule has 1 aliphatic carbocycles. The number of ketones is 1. The number of nitrogens with two attached hydrogens (primary N) is 1. The van der Waals surface area contributed by atoms with Gasteiger partial charge in [0.1, 0.15) is 0 Å². The van der Waals surface area contributed by atoms with Gasteiger partial charge in [0.2, 0.25) is 0 Å². The Balaban J connectivity index is 2.59. The van der Waals surface area contributed by atoms with Gasteiger partial charge in [0.15, 0.2) is 11.3 Å². The molecule has 0 spiro atoms. The summed E-state index contributed by atoms with van der Waals surface area (Å²) in [6.45, 7) is 0.754. The first-order chi connectivity index (χ1) is 6.75. The fraction of sp³-hybridized carbons (Fsp3) is 0.900. The lowest BCUT2D eigenvalue weighted by atomic mass is 9.89. The number of halogens is 3. The molecule has 0 saturated heterocycles. The van der Waals surface area contributed by atoms with Crippen molar-refractivity contribution < 1.29 is 18.0 Å². The van der Waals surface area contributed by atoms with Gasteiger partial charge in [0.05, 0.1) is 0 Å². The first-order valence-corrected chi connectivity index (χ1v) is 5.14. The van der Waals surface area contributed by atoms with Crippen LogP contribution in [0.5, 0.6) is 0 Å². The van der Waals surface area contributed by atoms with Gasteiger partial charge in [0.25, 0.3) is 0 Å². The van der Waals surface area contributed by atoms with E-state index in [4.69, 9.17) is 5.73 Å². The van der Waals surface area contributed by atoms with Crippen LogP contribution in [0, 0.1) is 5.92 Å². The third kappa shape index (κ3) is 2.71. The molecular formula is C10H16F3NO. The Kier molecular flexibility index (Phi) is 3.43. The van der Waals surface area contributed by atoms with E-state index < -0.39 is 17.5 Å². The average Bonchev–Trinajstić information content (AvgIpc) is 2.54. The molecular weight excluding hydrogens is 207 g/mol. The van der Waals surface area contributed by atoms with Crippen molar-refractivity contribution in [2.45, 2.75) is 50.7 Å². The summed E-state index contributed by atoms with van der Waals surface area (Å²) in [5.74, 6) is -0.787. The predicted octanol–water partition coefficient (Wildman–Crippen LogP) is 2.42. The Morgan fingerprint density at radius 3 is 2.20 bits per heavy atom. The van der Waals surface area contributed by atoms with E-state index in [1.165, 1.54) is 0 Å².